The Kier molecular flexibility index (Phi) is 6.57. The molecule has 9 nitrogen and oxygen atoms in total. The first-order chi connectivity index (χ1) is 16.7. The molecule has 0 bridgehead atoms. The van der Waals surface area contributed by atoms with Crippen LogP contribution in [-0.4, -0.2) is 76.8 Å². The molecule has 0 spiro atoms. The van der Waals surface area contributed by atoms with Crippen LogP contribution in [0.1, 0.15) is 42.2 Å². The Bertz CT molecular complexity index is 1130. The van der Waals surface area contributed by atoms with Crippen LogP contribution < -0.4 is 15.5 Å². The fourth-order valence-corrected chi connectivity index (χ4v) is 5.01. The highest BCUT2D eigenvalue weighted by atomic mass is 19.1. The van der Waals surface area contributed by atoms with Crippen molar-refractivity contribution in [1.29, 1.82) is 0 Å². The van der Waals surface area contributed by atoms with Gasteiger partial charge in [-0.1, -0.05) is 12.8 Å². The maximum atomic E-state index is 12.6. The van der Waals surface area contributed by atoms with Crippen LogP contribution in [0.2, 0.25) is 0 Å². The number of piperazine rings is 1. The molecule has 0 radical (unpaired) electrons. The van der Waals surface area contributed by atoms with Crippen molar-refractivity contribution >= 4 is 34.4 Å². The zero-order valence-corrected chi connectivity index (χ0v) is 19.5. The standard InChI is InChI=1S/C24H31FN8O/c1-26-23(34)20-14-17-15-28-24(30-22(17)33(20)18-4-2-3-5-18)29-21-7-6-19(16-27-21)32-12-10-31(9-8-25)11-13-32/h6-7,14-16,18H,2-5,8-13H2,1H3,(H,26,34)(H,27,28,29,30). The van der Waals surface area contributed by atoms with Gasteiger partial charge in [-0.25, -0.2) is 14.4 Å². The summed E-state index contributed by atoms with van der Waals surface area (Å²) in [6, 6.07) is 6.10. The Hall–Kier alpha value is -3.27. The van der Waals surface area contributed by atoms with Crippen LogP contribution in [0.4, 0.5) is 21.8 Å². The number of anilines is 3. The van der Waals surface area contributed by atoms with Crippen molar-refractivity contribution in [1.82, 2.24) is 29.7 Å². The second kappa shape index (κ2) is 9.92. The van der Waals surface area contributed by atoms with E-state index in [1.54, 1.807) is 13.2 Å². The zero-order valence-electron chi connectivity index (χ0n) is 19.5. The van der Waals surface area contributed by atoms with Gasteiger partial charge in [0.05, 0.1) is 11.9 Å². The Morgan fingerprint density at radius 3 is 2.59 bits per heavy atom. The summed E-state index contributed by atoms with van der Waals surface area (Å²) in [4.78, 5) is 30.7. The fourth-order valence-electron chi connectivity index (χ4n) is 5.01. The molecular formula is C24H31FN8O. The van der Waals surface area contributed by atoms with E-state index in [9.17, 15) is 9.18 Å². The van der Waals surface area contributed by atoms with E-state index in [0.29, 0.717) is 24.0 Å². The minimum atomic E-state index is -0.297. The molecule has 5 rings (SSSR count). The van der Waals surface area contributed by atoms with Gasteiger partial charge in [0.15, 0.2) is 0 Å². The summed E-state index contributed by atoms with van der Waals surface area (Å²) < 4.78 is 14.6. The average Bonchev–Trinajstić information content (AvgIpc) is 3.52. The summed E-state index contributed by atoms with van der Waals surface area (Å²) in [6.45, 7) is 3.65. The van der Waals surface area contributed by atoms with E-state index >= 15 is 0 Å². The number of hydrogen-bond donors (Lipinski definition) is 2. The summed E-state index contributed by atoms with van der Waals surface area (Å²) >= 11 is 0. The summed E-state index contributed by atoms with van der Waals surface area (Å²) in [5.74, 6) is 1.00. The molecule has 0 aromatic carbocycles. The smallest absolute Gasteiger partial charge is 0.267 e. The first-order valence-electron chi connectivity index (χ1n) is 12.0. The van der Waals surface area contributed by atoms with Gasteiger partial charge in [-0.3, -0.25) is 9.69 Å². The Balaban J connectivity index is 1.34. The van der Waals surface area contributed by atoms with Crippen molar-refractivity contribution < 1.29 is 9.18 Å². The second-order valence-corrected chi connectivity index (χ2v) is 8.93. The van der Waals surface area contributed by atoms with Crippen LogP contribution in [-0.2, 0) is 0 Å². The van der Waals surface area contributed by atoms with Crippen molar-refractivity contribution in [2.45, 2.75) is 31.7 Å². The first-order valence-corrected chi connectivity index (χ1v) is 12.0. The summed E-state index contributed by atoms with van der Waals surface area (Å²) in [7, 11) is 1.65. The van der Waals surface area contributed by atoms with E-state index in [1.807, 2.05) is 24.4 Å². The third kappa shape index (κ3) is 4.54. The van der Waals surface area contributed by atoms with E-state index in [-0.39, 0.29) is 18.6 Å². The van der Waals surface area contributed by atoms with E-state index < -0.39 is 0 Å². The van der Waals surface area contributed by atoms with Gasteiger partial charge >= 0.3 is 0 Å². The molecule has 34 heavy (non-hydrogen) atoms. The Labute approximate surface area is 198 Å². The lowest BCUT2D eigenvalue weighted by Crippen LogP contribution is -2.47. The molecule has 2 N–H and O–H groups in total. The van der Waals surface area contributed by atoms with Gasteiger partial charge < -0.3 is 20.1 Å². The number of amides is 1. The molecule has 0 atom stereocenters. The molecule has 1 aliphatic heterocycles. The van der Waals surface area contributed by atoms with Crippen molar-refractivity contribution in [3.05, 3.63) is 36.3 Å². The molecule has 180 valence electrons. The fraction of sp³-hybridized carbons (Fsp3) is 0.500. The highest BCUT2D eigenvalue weighted by Gasteiger charge is 2.25. The monoisotopic (exact) mass is 466 g/mol. The largest absolute Gasteiger partial charge is 0.368 e. The minimum absolute atomic E-state index is 0.109. The van der Waals surface area contributed by atoms with Gasteiger partial charge in [0.2, 0.25) is 5.95 Å². The van der Waals surface area contributed by atoms with E-state index in [2.05, 4.69) is 35.0 Å². The highest BCUT2D eigenvalue weighted by molar-refractivity contribution is 5.98. The molecule has 1 saturated carbocycles. The maximum Gasteiger partial charge on any atom is 0.267 e. The van der Waals surface area contributed by atoms with Gasteiger partial charge in [-0.15, -0.1) is 0 Å². The van der Waals surface area contributed by atoms with Crippen molar-refractivity contribution in [2.75, 3.05) is 56.7 Å². The first kappa shape index (κ1) is 22.5. The molecule has 1 aliphatic carbocycles. The lowest BCUT2D eigenvalue weighted by molar-refractivity contribution is 0.0952. The molecule has 3 aromatic rings. The summed E-state index contributed by atoms with van der Waals surface area (Å²) in [5, 5.41) is 6.80. The molecule has 2 fully saturated rings. The predicted octanol–water partition coefficient (Wildman–Crippen LogP) is 3.14. The van der Waals surface area contributed by atoms with Crippen molar-refractivity contribution in [3.8, 4) is 0 Å². The molecule has 10 heteroatoms. The number of hydrogen-bond acceptors (Lipinski definition) is 7. The lowest BCUT2D eigenvalue weighted by atomic mass is 10.2. The molecular weight excluding hydrogens is 435 g/mol. The van der Waals surface area contributed by atoms with Crippen LogP contribution in [0.25, 0.3) is 11.0 Å². The van der Waals surface area contributed by atoms with Crippen LogP contribution >= 0.6 is 0 Å². The number of pyridine rings is 1. The predicted molar refractivity (Wildman–Crippen MR) is 131 cm³/mol. The second-order valence-electron chi connectivity index (χ2n) is 8.93. The number of alkyl halides is 1. The number of nitrogens with zero attached hydrogens (tertiary/aromatic N) is 6. The number of carbonyl (C=O) groups is 1. The van der Waals surface area contributed by atoms with E-state index in [1.165, 1.54) is 0 Å². The third-order valence-corrected chi connectivity index (χ3v) is 6.85. The zero-order chi connectivity index (χ0) is 23.5. The number of nitrogens with one attached hydrogen (secondary N) is 2. The normalized spacial score (nSPS) is 17.4. The number of carbonyl (C=O) groups excluding carboxylic acids is 1. The molecule has 0 unspecified atom stereocenters. The van der Waals surface area contributed by atoms with Crippen LogP contribution in [0.5, 0.6) is 0 Å². The van der Waals surface area contributed by atoms with Gasteiger partial charge in [0.25, 0.3) is 5.91 Å². The lowest BCUT2D eigenvalue weighted by Gasteiger charge is -2.35. The van der Waals surface area contributed by atoms with Gasteiger partial charge in [0, 0.05) is 57.4 Å². The van der Waals surface area contributed by atoms with Gasteiger partial charge in [-0.05, 0) is 31.0 Å². The third-order valence-electron chi connectivity index (χ3n) is 6.85. The molecule has 1 saturated heterocycles. The number of halogens is 1. The number of aromatic nitrogens is 4. The quantitative estimate of drug-likeness (QED) is 0.553. The number of fused-ring (bicyclic) bond motifs is 1. The van der Waals surface area contributed by atoms with Crippen molar-refractivity contribution in [3.63, 3.8) is 0 Å². The molecule has 1 amide bonds. The van der Waals surface area contributed by atoms with E-state index in [4.69, 9.17) is 4.98 Å². The molecule has 2 aliphatic rings. The van der Waals surface area contributed by atoms with Gasteiger partial charge in [-0.2, -0.15) is 4.98 Å². The van der Waals surface area contributed by atoms with Crippen LogP contribution in [0.15, 0.2) is 30.6 Å². The van der Waals surface area contributed by atoms with Crippen LogP contribution in [0, 0.1) is 0 Å². The van der Waals surface area contributed by atoms with E-state index in [0.717, 1.165) is 68.6 Å². The maximum absolute atomic E-state index is 12.6. The van der Waals surface area contributed by atoms with Crippen LogP contribution in [0.3, 0.4) is 0 Å². The number of rotatable bonds is 7. The molecule has 4 heterocycles. The minimum Gasteiger partial charge on any atom is -0.368 e. The van der Waals surface area contributed by atoms with Gasteiger partial charge in [0.1, 0.15) is 23.8 Å². The average molecular weight is 467 g/mol. The summed E-state index contributed by atoms with van der Waals surface area (Å²) in [6.07, 6.45) is 8.02. The Morgan fingerprint density at radius 1 is 1.12 bits per heavy atom. The van der Waals surface area contributed by atoms with Crippen molar-refractivity contribution in [2.24, 2.45) is 0 Å². The summed E-state index contributed by atoms with van der Waals surface area (Å²) in [5.41, 5.74) is 2.45. The SMILES string of the molecule is CNC(=O)c1cc2cnc(Nc3ccc(N4CCN(CCF)CC4)cn3)nc2n1C1CCCC1. The Morgan fingerprint density at radius 2 is 1.91 bits per heavy atom. The highest BCUT2D eigenvalue weighted by Crippen LogP contribution is 2.34. The molecule has 3 aromatic heterocycles. The topological polar surface area (TPSA) is 91.2 Å².